The van der Waals surface area contributed by atoms with Gasteiger partial charge in [-0.05, 0) is 31.8 Å². The van der Waals surface area contributed by atoms with E-state index in [-0.39, 0.29) is 22.8 Å². The lowest BCUT2D eigenvalue weighted by Gasteiger charge is -2.10. The third kappa shape index (κ3) is 4.53. The number of carbonyl (C=O) groups is 1. The number of hydrogen-bond acceptors (Lipinski definition) is 2. The minimum atomic E-state index is 0. The van der Waals surface area contributed by atoms with Gasteiger partial charge in [-0.3, -0.25) is 4.79 Å². The normalized spacial score (nSPS) is 10.1. The molecule has 1 aromatic carbocycles. The van der Waals surface area contributed by atoms with E-state index in [0.717, 1.165) is 12.1 Å². The van der Waals surface area contributed by atoms with E-state index in [4.69, 9.17) is 11.6 Å². The number of ketones is 1. The maximum Gasteiger partial charge on any atom is 0.174 e. The Balaban J connectivity index is 0.00000225. The fourth-order valence-electron chi connectivity index (χ4n) is 1.32. The molecular weight excluding hydrogens is 357 g/mol. The van der Waals surface area contributed by atoms with Gasteiger partial charge in [0.05, 0.1) is 10.4 Å². The van der Waals surface area contributed by atoms with Gasteiger partial charge < -0.3 is 4.90 Å². The Morgan fingerprint density at radius 3 is 2.50 bits per heavy atom. The lowest BCUT2D eigenvalue weighted by Crippen LogP contribution is -2.11. The lowest BCUT2D eigenvalue weighted by molar-refractivity contribution is 0.102. The Morgan fingerprint density at radius 1 is 1.44 bits per heavy atom. The number of alkyl halides is 1. The van der Waals surface area contributed by atoms with Crippen LogP contribution < -0.4 is 0 Å². The summed E-state index contributed by atoms with van der Waals surface area (Å²) in [5.41, 5.74) is 1.69. The minimum absolute atomic E-state index is 0. The van der Waals surface area contributed by atoms with E-state index >= 15 is 0 Å². The molecule has 0 amide bonds. The first-order valence-corrected chi connectivity index (χ1v) is 6.07. The van der Waals surface area contributed by atoms with E-state index in [1.807, 2.05) is 26.2 Å². The van der Waals surface area contributed by atoms with Crippen molar-refractivity contribution in [2.24, 2.45) is 0 Å². The van der Waals surface area contributed by atoms with E-state index in [0.29, 0.717) is 15.9 Å². The molecule has 0 spiro atoms. The Hall–Kier alpha value is 0.1000. The van der Waals surface area contributed by atoms with Gasteiger partial charge in [-0.15, -0.1) is 17.0 Å². The van der Waals surface area contributed by atoms with Crippen LogP contribution in [0.5, 0.6) is 0 Å². The molecule has 0 atom stereocenters. The molecule has 0 aromatic heterocycles. The zero-order chi connectivity index (χ0) is 11.4. The van der Waals surface area contributed by atoms with Crippen molar-refractivity contribution < 1.29 is 4.79 Å². The number of halogens is 3. The van der Waals surface area contributed by atoms with Crippen LogP contribution in [0.3, 0.4) is 0 Å². The first-order valence-electron chi connectivity index (χ1n) is 4.57. The minimum Gasteiger partial charge on any atom is -0.305 e. The second kappa shape index (κ2) is 7.43. The maximum atomic E-state index is 11.4. The fraction of sp³-hybridized carbons (Fsp3) is 0.364. The molecule has 0 bridgehead atoms. The fourth-order valence-corrected chi connectivity index (χ4v) is 1.93. The van der Waals surface area contributed by atoms with Crippen molar-refractivity contribution in [3.8, 4) is 0 Å². The van der Waals surface area contributed by atoms with Crippen LogP contribution in [-0.2, 0) is 6.54 Å². The number of Topliss-reactive ketones (excluding diaryl/α,β-unsaturated/α-hetero) is 1. The Morgan fingerprint density at radius 2 is 2.06 bits per heavy atom. The Labute approximate surface area is 120 Å². The number of benzene rings is 1. The summed E-state index contributed by atoms with van der Waals surface area (Å²) in [7, 11) is 3.98. The van der Waals surface area contributed by atoms with Gasteiger partial charge in [0.2, 0.25) is 0 Å². The van der Waals surface area contributed by atoms with Crippen LogP contribution in [0.1, 0.15) is 15.9 Å². The van der Waals surface area contributed by atoms with E-state index < -0.39 is 0 Å². The third-order valence-corrected chi connectivity index (χ3v) is 2.78. The molecule has 16 heavy (non-hydrogen) atoms. The quantitative estimate of drug-likeness (QED) is 0.596. The summed E-state index contributed by atoms with van der Waals surface area (Å²) in [5.74, 6) is 0.0106. The standard InChI is InChI=1S/C11H13BrClNO.BrH/c1-14(2)7-8-3-4-9(10(13)5-8)11(15)6-12;/h3-5H,6-7H2,1-2H3;1H. The highest BCUT2D eigenvalue weighted by Gasteiger charge is 2.09. The second-order valence-corrected chi connectivity index (χ2v) is 4.58. The van der Waals surface area contributed by atoms with Gasteiger partial charge in [-0.1, -0.05) is 33.6 Å². The summed E-state index contributed by atoms with van der Waals surface area (Å²) in [6.45, 7) is 0.822. The zero-order valence-electron chi connectivity index (χ0n) is 9.17. The second-order valence-electron chi connectivity index (χ2n) is 3.61. The zero-order valence-corrected chi connectivity index (χ0v) is 13.2. The topological polar surface area (TPSA) is 20.3 Å². The van der Waals surface area contributed by atoms with Crippen LogP contribution in [-0.4, -0.2) is 30.1 Å². The molecule has 0 N–H and O–H groups in total. The molecule has 1 aromatic rings. The molecule has 2 nitrogen and oxygen atoms in total. The van der Waals surface area contributed by atoms with Crippen molar-refractivity contribution in [2.75, 3.05) is 19.4 Å². The molecule has 5 heteroatoms. The molecule has 0 fully saturated rings. The summed E-state index contributed by atoms with van der Waals surface area (Å²) in [5, 5.41) is 0.832. The average molecular weight is 372 g/mol. The molecule has 90 valence electrons. The summed E-state index contributed by atoms with van der Waals surface area (Å²) in [4.78, 5) is 13.5. The molecule has 0 radical (unpaired) electrons. The molecule has 0 aliphatic heterocycles. The van der Waals surface area contributed by atoms with Gasteiger partial charge in [0.1, 0.15) is 0 Å². The van der Waals surface area contributed by atoms with Gasteiger partial charge in [0, 0.05) is 12.1 Å². The molecule has 0 aliphatic rings. The number of rotatable bonds is 4. The van der Waals surface area contributed by atoms with E-state index in [1.54, 1.807) is 6.07 Å². The van der Waals surface area contributed by atoms with Gasteiger partial charge in [-0.25, -0.2) is 0 Å². The third-order valence-electron chi connectivity index (χ3n) is 1.95. The van der Waals surface area contributed by atoms with Crippen LogP contribution in [0.25, 0.3) is 0 Å². The highest BCUT2D eigenvalue weighted by atomic mass is 79.9. The summed E-state index contributed by atoms with van der Waals surface area (Å²) < 4.78 is 0. The van der Waals surface area contributed by atoms with Crippen LogP contribution >= 0.6 is 44.5 Å². The molecular formula is C11H14Br2ClNO. The molecule has 0 saturated carbocycles. The van der Waals surface area contributed by atoms with Gasteiger partial charge in [0.25, 0.3) is 0 Å². The van der Waals surface area contributed by atoms with Gasteiger partial charge in [-0.2, -0.15) is 0 Å². The van der Waals surface area contributed by atoms with Crippen molar-refractivity contribution in [1.29, 1.82) is 0 Å². The van der Waals surface area contributed by atoms with Crippen molar-refractivity contribution in [1.82, 2.24) is 4.90 Å². The Kier molecular flexibility index (Phi) is 7.48. The first kappa shape index (κ1) is 16.1. The smallest absolute Gasteiger partial charge is 0.174 e. The van der Waals surface area contributed by atoms with E-state index in [1.165, 1.54) is 0 Å². The highest BCUT2D eigenvalue weighted by Crippen LogP contribution is 2.19. The number of carbonyl (C=O) groups excluding carboxylic acids is 1. The van der Waals surface area contributed by atoms with Gasteiger partial charge in [0.15, 0.2) is 5.78 Å². The van der Waals surface area contributed by atoms with Crippen molar-refractivity contribution >= 4 is 50.3 Å². The number of hydrogen-bond donors (Lipinski definition) is 0. The predicted octanol–water partition coefficient (Wildman–Crippen LogP) is 3.56. The highest BCUT2D eigenvalue weighted by molar-refractivity contribution is 9.09. The van der Waals surface area contributed by atoms with E-state index in [9.17, 15) is 4.79 Å². The molecule has 0 saturated heterocycles. The van der Waals surface area contributed by atoms with Crippen LogP contribution in [0.4, 0.5) is 0 Å². The first-order chi connectivity index (χ1) is 7.04. The van der Waals surface area contributed by atoms with Crippen LogP contribution in [0, 0.1) is 0 Å². The van der Waals surface area contributed by atoms with Gasteiger partial charge >= 0.3 is 0 Å². The van der Waals surface area contributed by atoms with Crippen molar-refractivity contribution in [3.63, 3.8) is 0 Å². The summed E-state index contributed by atoms with van der Waals surface area (Å²) >= 11 is 9.15. The van der Waals surface area contributed by atoms with Crippen molar-refractivity contribution in [3.05, 3.63) is 34.3 Å². The molecule has 0 unspecified atom stereocenters. The monoisotopic (exact) mass is 369 g/mol. The molecule has 0 aliphatic carbocycles. The van der Waals surface area contributed by atoms with Crippen molar-refractivity contribution in [2.45, 2.75) is 6.54 Å². The lowest BCUT2D eigenvalue weighted by atomic mass is 10.1. The SMILES string of the molecule is Br.CN(C)Cc1ccc(C(=O)CBr)c(Cl)c1. The average Bonchev–Trinajstić information content (AvgIpc) is 2.16. The number of nitrogens with zero attached hydrogens (tertiary/aromatic N) is 1. The molecule has 1 rings (SSSR count). The summed E-state index contributed by atoms with van der Waals surface area (Å²) in [6.07, 6.45) is 0. The maximum absolute atomic E-state index is 11.4. The van der Waals surface area contributed by atoms with E-state index in [2.05, 4.69) is 20.8 Å². The Bertz CT molecular complexity index is 369. The predicted molar refractivity (Wildman–Crippen MR) is 77.3 cm³/mol. The van der Waals surface area contributed by atoms with Crippen LogP contribution in [0.2, 0.25) is 5.02 Å². The molecule has 0 heterocycles. The largest absolute Gasteiger partial charge is 0.305 e. The summed E-state index contributed by atoms with van der Waals surface area (Å²) in [6, 6.07) is 5.56. The van der Waals surface area contributed by atoms with Crippen LogP contribution in [0.15, 0.2) is 18.2 Å².